The normalized spacial score (nSPS) is 16.4. The summed E-state index contributed by atoms with van der Waals surface area (Å²) in [5, 5.41) is 14.8. The molecule has 1 N–H and O–H groups in total. The van der Waals surface area contributed by atoms with Crippen molar-refractivity contribution in [2.45, 2.75) is 25.2 Å². The number of benzene rings is 3. The van der Waals surface area contributed by atoms with Gasteiger partial charge in [-0.3, -0.25) is 4.90 Å². The van der Waals surface area contributed by atoms with E-state index >= 15 is 0 Å². The topological polar surface area (TPSA) is 54.3 Å². The molecule has 0 fully saturated rings. The van der Waals surface area contributed by atoms with Crippen LogP contribution in [0.4, 0.5) is 8.78 Å². The maximum atomic E-state index is 13.3. The van der Waals surface area contributed by atoms with Crippen LogP contribution >= 0.6 is 0 Å². The molecule has 0 aliphatic carbocycles. The van der Waals surface area contributed by atoms with Gasteiger partial charge in [0, 0.05) is 26.1 Å². The van der Waals surface area contributed by atoms with Crippen LogP contribution in [0.1, 0.15) is 17.5 Å². The van der Waals surface area contributed by atoms with Crippen LogP contribution in [0.5, 0.6) is 5.75 Å². The monoisotopic (exact) mass is 452 g/mol. The largest absolute Gasteiger partial charge is 0.491 e. The van der Waals surface area contributed by atoms with Crippen molar-refractivity contribution in [3.05, 3.63) is 102 Å². The Labute approximate surface area is 191 Å². The highest BCUT2D eigenvalue weighted by Gasteiger charge is 2.26. The predicted octanol–water partition coefficient (Wildman–Crippen LogP) is 4.40. The number of aliphatic hydroxyl groups excluding tert-OH is 1. The van der Waals surface area contributed by atoms with Crippen molar-refractivity contribution in [2.75, 3.05) is 19.7 Å². The molecule has 2 atom stereocenters. The Morgan fingerprint density at radius 3 is 2.33 bits per heavy atom. The summed E-state index contributed by atoms with van der Waals surface area (Å²) in [5.41, 5.74) is 2.50. The van der Waals surface area contributed by atoms with Crippen molar-refractivity contribution < 1.29 is 23.5 Å². The van der Waals surface area contributed by atoms with E-state index in [-0.39, 0.29) is 24.3 Å². The Hall–Kier alpha value is -3.29. The SMILES string of the molecule is O[C@@H](COc1ccccc1)CN(Cc1ccc(F)cc1)C[C@@H]1CC(c2ccc(F)cc2)=NO1. The number of rotatable bonds is 10. The number of oxime groups is 1. The molecule has 0 amide bonds. The molecule has 1 aliphatic heterocycles. The lowest BCUT2D eigenvalue weighted by Gasteiger charge is -2.27. The fraction of sp³-hybridized carbons (Fsp3) is 0.269. The van der Waals surface area contributed by atoms with Crippen LogP contribution in [0, 0.1) is 11.6 Å². The maximum Gasteiger partial charge on any atom is 0.145 e. The van der Waals surface area contributed by atoms with E-state index in [1.165, 1.54) is 24.3 Å². The van der Waals surface area contributed by atoms with Crippen LogP contribution < -0.4 is 4.74 Å². The minimum atomic E-state index is -0.732. The van der Waals surface area contributed by atoms with Crippen molar-refractivity contribution in [2.24, 2.45) is 5.16 Å². The van der Waals surface area contributed by atoms with E-state index in [4.69, 9.17) is 9.57 Å². The third-order valence-corrected chi connectivity index (χ3v) is 5.35. The molecule has 4 rings (SSSR count). The Bertz CT molecular complexity index is 1040. The molecular weight excluding hydrogens is 426 g/mol. The molecule has 0 saturated heterocycles. The van der Waals surface area contributed by atoms with Crippen LogP contribution in [0.15, 0.2) is 84.0 Å². The summed E-state index contributed by atoms with van der Waals surface area (Å²) in [6.45, 7) is 1.51. The molecule has 0 bridgehead atoms. The summed E-state index contributed by atoms with van der Waals surface area (Å²) in [5.74, 6) is 0.100. The lowest BCUT2D eigenvalue weighted by molar-refractivity contribution is 0.0213. The zero-order valence-corrected chi connectivity index (χ0v) is 18.1. The average Bonchev–Trinajstić information content (AvgIpc) is 3.29. The van der Waals surface area contributed by atoms with Crippen LogP contribution in [0.2, 0.25) is 0 Å². The van der Waals surface area contributed by atoms with Crippen LogP contribution in [-0.4, -0.2) is 47.6 Å². The molecular formula is C26H26F2N2O3. The number of hydrogen-bond donors (Lipinski definition) is 1. The third-order valence-electron chi connectivity index (χ3n) is 5.35. The highest BCUT2D eigenvalue weighted by molar-refractivity contribution is 6.01. The van der Waals surface area contributed by atoms with Gasteiger partial charge in [-0.1, -0.05) is 47.6 Å². The summed E-state index contributed by atoms with van der Waals surface area (Å²) in [6.07, 6.45) is -0.375. The van der Waals surface area contributed by atoms with Gasteiger partial charge in [0.1, 0.15) is 36.2 Å². The predicted molar refractivity (Wildman–Crippen MR) is 122 cm³/mol. The second-order valence-corrected chi connectivity index (χ2v) is 8.07. The molecule has 3 aromatic carbocycles. The fourth-order valence-electron chi connectivity index (χ4n) is 3.74. The molecule has 1 heterocycles. The molecule has 0 radical (unpaired) electrons. The van der Waals surface area contributed by atoms with Crippen molar-refractivity contribution in [1.29, 1.82) is 0 Å². The van der Waals surface area contributed by atoms with Gasteiger partial charge < -0.3 is 14.7 Å². The Morgan fingerprint density at radius 2 is 1.64 bits per heavy atom. The summed E-state index contributed by atoms with van der Waals surface area (Å²) in [4.78, 5) is 7.67. The average molecular weight is 453 g/mol. The summed E-state index contributed by atoms with van der Waals surface area (Å²) < 4.78 is 32.2. The molecule has 0 unspecified atom stereocenters. The van der Waals surface area contributed by atoms with E-state index in [2.05, 4.69) is 5.16 Å². The van der Waals surface area contributed by atoms with Gasteiger partial charge in [-0.05, 0) is 47.5 Å². The van der Waals surface area contributed by atoms with Crippen molar-refractivity contribution in [1.82, 2.24) is 4.90 Å². The molecule has 0 aromatic heterocycles. The van der Waals surface area contributed by atoms with Crippen molar-refractivity contribution in [3.8, 4) is 5.75 Å². The molecule has 0 saturated carbocycles. The van der Waals surface area contributed by atoms with Gasteiger partial charge in [-0.25, -0.2) is 8.78 Å². The maximum absolute atomic E-state index is 13.3. The molecule has 5 nitrogen and oxygen atoms in total. The van der Waals surface area contributed by atoms with Gasteiger partial charge in [0.25, 0.3) is 0 Å². The summed E-state index contributed by atoms with van der Waals surface area (Å²) in [6, 6.07) is 21.8. The number of hydrogen-bond acceptors (Lipinski definition) is 5. The molecule has 7 heteroatoms. The highest BCUT2D eigenvalue weighted by Crippen LogP contribution is 2.19. The molecule has 1 aliphatic rings. The zero-order valence-electron chi connectivity index (χ0n) is 18.1. The minimum Gasteiger partial charge on any atom is -0.491 e. The quantitative estimate of drug-likeness (QED) is 0.496. The summed E-state index contributed by atoms with van der Waals surface area (Å²) >= 11 is 0. The van der Waals surface area contributed by atoms with E-state index in [1.807, 2.05) is 35.2 Å². The number of para-hydroxylation sites is 1. The van der Waals surface area contributed by atoms with Gasteiger partial charge in [0.15, 0.2) is 0 Å². The number of aliphatic hydroxyl groups is 1. The molecule has 33 heavy (non-hydrogen) atoms. The van der Waals surface area contributed by atoms with E-state index in [0.29, 0.717) is 31.8 Å². The van der Waals surface area contributed by atoms with Crippen LogP contribution in [-0.2, 0) is 11.4 Å². The second-order valence-electron chi connectivity index (χ2n) is 8.07. The lowest BCUT2D eigenvalue weighted by atomic mass is 10.0. The molecule has 172 valence electrons. The lowest BCUT2D eigenvalue weighted by Crippen LogP contribution is -2.39. The third kappa shape index (κ3) is 6.84. The minimum absolute atomic E-state index is 0.146. The second kappa shape index (κ2) is 11.0. The first kappa shape index (κ1) is 22.9. The number of halogens is 2. The first-order valence-corrected chi connectivity index (χ1v) is 10.9. The summed E-state index contributed by atoms with van der Waals surface area (Å²) in [7, 11) is 0. The first-order valence-electron chi connectivity index (χ1n) is 10.9. The Kier molecular flexibility index (Phi) is 7.65. The standard InChI is InChI=1S/C26H26F2N2O3/c27-21-10-6-19(7-11-21)15-30(16-23(31)18-32-24-4-2-1-3-5-24)17-25-14-26(29-33-25)20-8-12-22(28)13-9-20/h1-13,23,25,31H,14-18H2/t23-,25+/m1/s1. The number of ether oxygens (including phenoxy) is 1. The Morgan fingerprint density at radius 1 is 0.970 bits per heavy atom. The smallest absolute Gasteiger partial charge is 0.145 e. The van der Waals surface area contributed by atoms with Gasteiger partial charge in [0.2, 0.25) is 0 Å². The molecule has 3 aromatic rings. The van der Waals surface area contributed by atoms with Gasteiger partial charge >= 0.3 is 0 Å². The van der Waals surface area contributed by atoms with Crippen molar-refractivity contribution >= 4 is 5.71 Å². The van der Waals surface area contributed by atoms with Crippen LogP contribution in [0.25, 0.3) is 0 Å². The van der Waals surface area contributed by atoms with Crippen molar-refractivity contribution in [3.63, 3.8) is 0 Å². The van der Waals surface area contributed by atoms with Crippen LogP contribution in [0.3, 0.4) is 0 Å². The highest BCUT2D eigenvalue weighted by atomic mass is 19.1. The van der Waals surface area contributed by atoms with E-state index in [1.54, 1.807) is 24.3 Å². The Balaban J connectivity index is 1.37. The van der Waals surface area contributed by atoms with E-state index < -0.39 is 6.10 Å². The van der Waals surface area contributed by atoms with Gasteiger partial charge in [0.05, 0.1) is 5.71 Å². The first-order chi connectivity index (χ1) is 16.0. The van der Waals surface area contributed by atoms with Gasteiger partial charge in [-0.15, -0.1) is 0 Å². The molecule has 0 spiro atoms. The zero-order chi connectivity index (χ0) is 23.0. The van der Waals surface area contributed by atoms with Gasteiger partial charge in [-0.2, -0.15) is 0 Å². The van der Waals surface area contributed by atoms with E-state index in [9.17, 15) is 13.9 Å². The number of nitrogens with zero attached hydrogens (tertiary/aromatic N) is 2. The fourth-order valence-corrected chi connectivity index (χ4v) is 3.74. The van der Waals surface area contributed by atoms with E-state index in [0.717, 1.165) is 16.8 Å².